The van der Waals surface area contributed by atoms with E-state index in [0.29, 0.717) is 15.4 Å². The third-order valence-electron chi connectivity index (χ3n) is 3.64. The van der Waals surface area contributed by atoms with E-state index in [4.69, 9.17) is 0 Å². The van der Waals surface area contributed by atoms with Gasteiger partial charge in [0.15, 0.2) is 0 Å². The van der Waals surface area contributed by atoms with Gasteiger partial charge in [0.25, 0.3) is 0 Å². The first-order valence-electron chi connectivity index (χ1n) is 7.14. The van der Waals surface area contributed by atoms with Crippen molar-refractivity contribution in [2.75, 3.05) is 0 Å². The van der Waals surface area contributed by atoms with Crippen LogP contribution >= 0.6 is 11.3 Å². The van der Waals surface area contributed by atoms with Gasteiger partial charge in [0.2, 0.25) is 0 Å². The number of thiazole rings is 1. The summed E-state index contributed by atoms with van der Waals surface area (Å²) in [5.74, 6) is -0.116. The van der Waals surface area contributed by atoms with Crippen molar-refractivity contribution in [3.63, 3.8) is 0 Å². The summed E-state index contributed by atoms with van der Waals surface area (Å²) in [7, 11) is 0. The van der Waals surface area contributed by atoms with Crippen molar-refractivity contribution in [1.29, 1.82) is 0 Å². The molecule has 0 aliphatic heterocycles. The molecule has 0 saturated heterocycles. The molecule has 2 heterocycles. The van der Waals surface area contributed by atoms with Crippen molar-refractivity contribution >= 4 is 17.1 Å². The number of halogens is 4. The van der Waals surface area contributed by atoms with Crippen molar-refractivity contribution in [2.45, 2.75) is 45.5 Å². The van der Waals surface area contributed by atoms with E-state index < -0.39 is 18.3 Å². The Hall–Kier alpha value is -1.83. The molecule has 2 aromatic heterocycles. The van der Waals surface area contributed by atoms with E-state index >= 15 is 0 Å². The summed E-state index contributed by atoms with van der Waals surface area (Å²) in [6.07, 6.45) is -3.12. The molecule has 24 heavy (non-hydrogen) atoms. The van der Waals surface area contributed by atoms with Crippen molar-refractivity contribution < 1.29 is 22.4 Å². The van der Waals surface area contributed by atoms with E-state index in [-0.39, 0.29) is 23.6 Å². The predicted molar refractivity (Wildman–Crippen MR) is 83.6 cm³/mol. The van der Waals surface area contributed by atoms with Crippen LogP contribution in [0.4, 0.5) is 17.6 Å². The standard InChI is InChI=1S/C16H16F4N2OS/c1-9(23)6-13-22-11(8-17)14(24-13)10-4-5-21-12(7-10)15(2,3)16(18,19)20/h4-5,7H,6,8H2,1-3H3. The van der Waals surface area contributed by atoms with E-state index in [1.165, 1.54) is 25.3 Å². The molecule has 0 unspecified atom stereocenters. The monoisotopic (exact) mass is 360 g/mol. The second kappa shape index (κ2) is 6.58. The molecular formula is C16H16F4N2OS. The average Bonchev–Trinajstić information content (AvgIpc) is 2.88. The number of aromatic nitrogens is 2. The maximum Gasteiger partial charge on any atom is 0.399 e. The molecule has 0 aliphatic rings. The molecule has 0 bridgehead atoms. The molecule has 0 aliphatic carbocycles. The van der Waals surface area contributed by atoms with Crippen molar-refractivity contribution in [3.8, 4) is 10.4 Å². The van der Waals surface area contributed by atoms with Crippen LogP contribution in [-0.4, -0.2) is 21.9 Å². The minimum absolute atomic E-state index is 0.0731. The molecule has 0 amide bonds. The first-order valence-corrected chi connectivity index (χ1v) is 7.95. The molecule has 0 spiro atoms. The van der Waals surface area contributed by atoms with Gasteiger partial charge < -0.3 is 0 Å². The second-order valence-corrected chi connectivity index (χ2v) is 7.03. The molecule has 2 rings (SSSR count). The van der Waals surface area contributed by atoms with E-state index in [2.05, 4.69) is 9.97 Å². The fourth-order valence-electron chi connectivity index (χ4n) is 2.06. The van der Waals surface area contributed by atoms with Crippen LogP contribution < -0.4 is 0 Å². The summed E-state index contributed by atoms with van der Waals surface area (Å²) in [5, 5.41) is 0.443. The largest absolute Gasteiger partial charge is 0.399 e. The topological polar surface area (TPSA) is 42.9 Å². The van der Waals surface area contributed by atoms with Crippen LogP contribution in [0.15, 0.2) is 18.3 Å². The zero-order valence-corrected chi connectivity index (χ0v) is 14.2. The van der Waals surface area contributed by atoms with Gasteiger partial charge in [-0.1, -0.05) is 0 Å². The smallest absolute Gasteiger partial charge is 0.300 e. The lowest BCUT2D eigenvalue weighted by Gasteiger charge is -2.27. The van der Waals surface area contributed by atoms with Gasteiger partial charge in [0.1, 0.15) is 22.9 Å². The molecule has 0 fully saturated rings. The Balaban J connectivity index is 2.49. The van der Waals surface area contributed by atoms with Crippen LogP contribution in [-0.2, 0) is 23.3 Å². The summed E-state index contributed by atoms with van der Waals surface area (Å²) < 4.78 is 52.8. The Labute approximate surface area is 140 Å². The Morgan fingerprint density at radius 3 is 2.50 bits per heavy atom. The molecule has 8 heteroatoms. The predicted octanol–water partition coefficient (Wildman–Crippen LogP) is 4.65. The third kappa shape index (κ3) is 3.63. The number of nitrogens with zero attached hydrogens (tertiary/aromatic N) is 2. The first-order chi connectivity index (χ1) is 11.1. The quantitative estimate of drug-likeness (QED) is 0.729. The minimum atomic E-state index is -4.46. The van der Waals surface area contributed by atoms with Crippen LogP contribution in [0.2, 0.25) is 0 Å². The summed E-state index contributed by atoms with van der Waals surface area (Å²) in [5.41, 5.74) is -1.75. The zero-order valence-electron chi connectivity index (χ0n) is 13.4. The number of ketones is 1. The Bertz CT molecular complexity index is 753. The Morgan fingerprint density at radius 1 is 1.29 bits per heavy atom. The third-order valence-corrected chi connectivity index (χ3v) is 4.79. The SMILES string of the molecule is CC(=O)Cc1nc(CF)c(-c2ccnc(C(C)(C)C(F)(F)F)c2)s1. The summed E-state index contributed by atoms with van der Waals surface area (Å²) in [6.45, 7) is 2.63. The normalized spacial score (nSPS) is 12.5. The van der Waals surface area contributed by atoms with E-state index in [9.17, 15) is 22.4 Å². The molecule has 0 saturated carbocycles. The van der Waals surface area contributed by atoms with E-state index in [1.807, 2.05) is 0 Å². The highest BCUT2D eigenvalue weighted by molar-refractivity contribution is 7.15. The van der Waals surface area contributed by atoms with Gasteiger partial charge >= 0.3 is 6.18 Å². The highest BCUT2D eigenvalue weighted by atomic mass is 32.1. The Kier molecular flexibility index (Phi) is 5.08. The molecule has 0 aromatic carbocycles. The van der Waals surface area contributed by atoms with E-state index in [0.717, 1.165) is 25.2 Å². The maximum absolute atomic E-state index is 13.2. The molecule has 130 valence electrons. The van der Waals surface area contributed by atoms with Crippen LogP contribution in [0.1, 0.15) is 37.2 Å². The van der Waals surface area contributed by atoms with Gasteiger partial charge in [-0.05, 0) is 38.5 Å². The van der Waals surface area contributed by atoms with Gasteiger partial charge in [0.05, 0.1) is 22.7 Å². The van der Waals surface area contributed by atoms with Gasteiger partial charge in [0, 0.05) is 6.20 Å². The van der Waals surface area contributed by atoms with Gasteiger partial charge in [-0.3, -0.25) is 9.78 Å². The van der Waals surface area contributed by atoms with Crippen molar-refractivity contribution in [3.05, 3.63) is 34.7 Å². The van der Waals surface area contributed by atoms with E-state index in [1.54, 1.807) is 0 Å². The van der Waals surface area contributed by atoms with Crippen LogP contribution in [0.3, 0.4) is 0 Å². The summed E-state index contributed by atoms with van der Waals surface area (Å²) in [6, 6.07) is 2.82. The zero-order chi connectivity index (χ0) is 18.1. The average molecular weight is 360 g/mol. The number of carbonyl (C=O) groups excluding carboxylic acids is 1. The number of Topliss-reactive ketones (excluding diaryl/α,β-unsaturated/α-hetero) is 1. The number of alkyl halides is 4. The Morgan fingerprint density at radius 2 is 1.96 bits per heavy atom. The number of hydrogen-bond donors (Lipinski definition) is 0. The summed E-state index contributed by atoms with van der Waals surface area (Å²) >= 11 is 1.11. The lowest BCUT2D eigenvalue weighted by molar-refractivity contribution is -0.181. The van der Waals surface area contributed by atoms with Crippen LogP contribution in [0.5, 0.6) is 0 Å². The second-order valence-electron chi connectivity index (χ2n) is 5.95. The highest BCUT2D eigenvalue weighted by Crippen LogP contribution is 2.41. The fourth-order valence-corrected chi connectivity index (χ4v) is 3.19. The lowest BCUT2D eigenvalue weighted by atomic mass is 9.87. The number of pyridine rings is 1. The lowest BCUT2D eigenvalue weighted by Crippen LogP contribution is -2.37. The molecule has 0 atom stereocenters. The number of rotatable bonds is 5. The maximum atomic E-state index is 13.2. The van der Waals surface area contributed by atoms with Crippen molar-refractivity contribution in [2.24, 2.45) is 0 Å². The van der Waals surface area contributed by atoms with Gasteiger partial charge in [-0.15, -0.1) is 11.3 Å². The number of hydrogen-bond acceptors (Lipinski definition) is 4. The van der Waals surface area contributed by atoms with Crippen LogP contribution in [0, 0.1) is 0 Å². The van der Waals surface area contributed by atoms with Crippen LogP contribution in [0.25, 0.3) is 10.4 Å². The molecular weight excluding hydrogens is 344 g/mol. The van der Waals surface area contributed by atoms with Gasteiger partial charge in [-0.2, -0.15) is 13.2 Å². The number of carbonyl (C=O) groups is 1. The molecule has 0 N–H and O–H groups in total. The molecule has 2 aromatic rings. The molecule has 0 radical (unpaired) electrons. The highest BCUT2D eigenvalue weighted by Gasteiger charge is 2.49. The van der Waals surface area contributed by atoms with Gasteiger partial charge in [-0.25, -0.2) is 9.37 Å². The van der Waals surface area contributed by atoms with Crippen molar-refractivity contribution in [1.82, 2.24) is 9.97 Å². The summed E-state index contributed by atoms with van der Waals surface area (Å²) in [4.78, 5) is 19.5. The minimum Gasteiger partial charge on any atom is -0.300 e. The first kappa shape index (κ1) is 18.5. The molecule has 3 nitrogen and oxygen atoms in total. The fraction of sp³-hybridized carbons (Fsp3) is 0.438.